The third-order valence-electron chi connectivity index (χ3n) is 5.34. The molecule has 1 aliphatic carbocycles. The molecule has 0 aromatic carbocycles. The Morgan fingerprint density at radius 3 is 2.83 bits per heavy atom. The SMILES string of the molecule is O=C(CCc1cnccn1)NC1CCCN(CC2CCCCC2)C1. The van der Waals surface area contributed by atoms with E-state index >= 15 is 0 Å². The monoisotopic (exact) mass is 330 g/mol. The van der Waals surface area contributed by atoms with Crippen molar-refractivity contribution in [2.24, 2.45) is 5.92 Å². The summed E-state index contributed by atoms with van der Waals surface area (Å²) in [6, 6.07) is 0.316. The van der Waals surface area contributed by atoms with Gasteiger partial charge >= 0.3 is 0 Å². The number of nitrogens with zero attached hydrogens (tertiary/aromatic N) is 3. The summed E-state index contributed by atoms with van der Waals surface area (Å²) in [5.74, 6) is 1.02. The molecule has 24 heavy (non-hydrogen) atoms. The summed E-state index contributed by atoms with van der Waals surface area (Å²) >= 11 is 0. The van der Waals surface area contributed by atoms with Crippen molar-refractivity contribution in [2.75, 3.05) is 19.6 Å². The number of carbonyl (C=O) groups excluding carboxylic acids is 1. The van der Waals surface area contributed by atoms with Crippen molar-refractivity contribution in [1.29, 1.82) is 0 Å². The van der Waals surface area contributed by atoms with Crippen LogP contribution in [0.4, 0.5) is 0 Å². The quantitative estimate of drug-likeness (QED) is 0.871. The fourth-order valence-corrected chi connectivity index (χ4v) is 4.07. The fourth-order valence-electron chi connectivity index (χ4n) is 4.07. The first kappa shape index (κ1) is 17.3. The Morgan fingerprint density at radius 2 is 2.04 bits per heavy atom. The van der Waals surface area contributed by atoms with Gasteiger partial charge in [-0.3, -0.25) is 14.8 Å². The summed E-state index contributed by atoms with van der Waals surface area (Å²) in [5.41, 5.74) is 0.884. The van der Waals surface area contributed by atoms with Gasteiger partial charge in [0.2, 0.25) is 5.91 Å². The van der Waals surface area contributed by atoms with Gasteiger partial charge in [0.05, 0.1) is 5.69 Å². The molecule has 0 radical (unpaired) electrons. The van der Waals surface area contributed by atoms with Gasteiger partial charge in [-0.15, -0.1) is 0 Å². The maximum Gasteiger partial charge on any atom is 0.220 e. The molecule has 2 fully saturated rings. The molecule has 5 nitrogen and oxygen atoms in total. The first-order valence-electron chi connectivity index (χ1n) is 9.56. The predicted octanol–water partition coefficient (Wildman–Crippen LogP) is 2.57. The molecule has 3 rings (SSSR count). The van der Waals surface area contributed by atoms with E-state index in [1.807, 2.05) is 0 Å². The zero-order valence-electron chi connectivity index (χ0n) is 14.6. The Hall–Kier alpha value is -1.49. The largest absolute Gasteiger partial charge is 0.352 e. The third-order valence-corrected chi connectivity index (χ3v) is 5.34. The number of amides is 1. The molecule has 132 valence electrons. The lowest BCUT2D eigenvalue weighted by Gasteiger charge is -2.36. The van der Waals surface area contributed by atoms with Gasteiger partial charge in [-0.05, 0) is 44.6 Å². The first-order valence-corrected chi connectivity index (χ1v) is 9.56. The van der Waals surface area contributed by atoms with Crippen LogP contribution >= 0.6 is 0 Å². The van der Waals surface area contributed by atoms with E-state index in [9.17, 15) is 4.79 Å². The molecule has 1 N–H and O–H groups in total. The molecule has 1 aromatic heterocycles. The minimum atomic E-state index is 0.144. The lowest BCUT2D eigenvalue weighted by molar-refractivity contribution is -0.122. The van der Waals surface area contributed by atoms with Gasteiger partial charge in [-0.25, -0.2) is 0 Å². The van der Waals surface area contributed by atoms with Crippen molar-refractivity contribution >= 4 is 5.91 Å². The highest BCUT2D eigenvalue weighted by molar-refractivity contribution is 5.76. The Bertz CT molecular complexity index is 501. The number of hydrogen-bond acceptors (Lipinski definition) is 4. The van der Waals surface area contributed by atoms with Crippen LogP contribution < -0.4 is 5.32 Å². The van der Waals surface area contributed by atoms with Crippen molar-refractivity contribution in [3.63, 3.8) is 0 Å². The van der Waals surface area contributed by atoms with E-state index in [0.29, 0.717) is 18.9 Å². The highest BCUT2D eigenvalue weighted by atomic mass is 16.1. The van der Waals surface area contributed by atoms with Crippen LogP contribution in [-0.2, 0) is 11.2 Å². The molecular weight excluding hydrogens is 300 g/mol. The molecule has 1 aliphatic heterocycles. The zero-order valence-corrected chi connectivity index (χ0v) is 14.6. The minimum absolute atomic E-state index is 0.144. The lowest BCUT2D eigenvalue weighted by atomic mass is 9.88. The van der Waals surface area contributed by atoms with Crippen LogP contribution in [0.2, 0.25) is 0 Å². The van der Waals surface area contributed by atoms with Crippen LogP contribution in [0, 0.1) is 5.92 Å². The third kappa shape index (κ3) is 5.55. The van der Waals surface area contributed by atoms with Gasteiger partial charge in [0.1, 0.15) is 0 Å². The Kier molecular flexibility index (Phi) is 6.58. The average Bonchev–Trinajstić information content (AvgIpc) is 2.62. The van der Waals surface area contributed by atoms with E-state index in [2.05, 4.69) is 20.2 Å². The number of hydrogen-bond donors (Lipinski definition) is 1. The number of likely N-dealkylation sites (tertiary alicyclic amines) is 1. The number of carbonyl (C=O) groups is 1. The van der Waals surface area contributed by atoms with E-state index in [4.69, 9.17) is 0 Å². The number of piperidine rings is 1. The lowest BCUT2D eigenvalue weighted by Crippen LogP contribution is -2.49. The second kappa shape index (κ2) is 9.11. The van der Waals surface area contributed by atoms with E-state index < -0.39 is 0 Å². The summed E-state index contributed by atoms with van der Waals surface area (Å²) < 4.78 is 0. The zero-order chi connectivity index (χ0) is 16.6. The van der Waals surface area contributed by atoms with Crippen molar-refractivity contribution < 1.29 is 4.79 Å². The molecule has 1 saturated heterocycles. The van der Waals surface area contributed by atoms with Crippen LogP contribution in [0.1, 0.15) is 57.1 Å². The van der Waals surface area contributed by atoms with E-state index in [1.54, 1.807) is 18.6 Å². The van der Waals surface area contributed by atoms with Crippen molar-refractivity contribution in [3.05, 3.63) is 24.3 Å². The normalized spacial score (nSPS) is 23.1. The summed E-state index contributed by atoms with van der Waals surface area (Å²) in [5, 5.41) is 3.23. The van der Waals surface area contributed by atoms with Crippen LogP contribution in [-0.4, -0.2) is 46.5 Å². The molecule has 0 bridgehead atoms. The highest BCUT2D eigenvalue weighted by Crippen LogP contribution is 2.25. The average molecular weight is 330 g/mol. The molecule has 1 saturated carbocycles. The highest BCUT2D eigenvalue weighted by Gasteiger charge is 2.24. The van der Waals surface area contributed by atoms with E-state index in [1.165, 1.54) is 51.6 Å². The van der Waals surface area contributed by atoms with Gasteiger partial charge in [0, 0.05) is 44.1 Å². The second-order valence-electron chi connectivity index (χ2n) is 7.37. The smallest absolute Gasteiger partial charge is 0.220 e. The van der Waals surface area contributed by atoms with Gasteiger partial charge < -0.3 is 10.2 Å². The first-order chi connectivity index (χ1) is 11.8. The number of nitrogens with one attached hydrogen (secondary N) is 1. The minimum Gasteiger partial charge on any atom is -0.352 e. The number of rotatable bonds is 6. The molecule has 0 spiro atoms. The molecule has 5 heteroatoms. The van der Waals surface area contributed by atoms with Crippen LogP contribution in [0.5, 0.6) is 0 Å². The predicted molar refractivity (Wildman–Crippen MR) is 94.5 cm³/mol. The molecule has 2 aliphatic rings. The van der Waals surface area contributed by atoms with Crippen molar-refractivity contribution in [3.8, 4) is 0 Å². The van der Waals surface area contributed by atoms with Crippen LogP contribution in [0.3, 0.4) is 0 Å². The molecule has 1 aromatic rings. The van der Waals surface area contributed by atoms with Gasteiger partial charge in [0.15, 0.2) is 0 Å². The van der Waals surface area contributed by atoms with Gasteiger partial charge in [0.25, 0.3) is 0 Å². The summed E-state index contributed by atoms with van der Waals surface area (Å²) in [7, 11) is 0. The molecular formula is C19H30N4O. The summed E-state index contributed by atoms with van der Waals surface area (Å²) in [6.07, 6.45) is 15.6. The summed E-state index contributed by atoms with van der Waals surface area (Å²) in [4.78, 5) is 23.0. The maximum atomic E-state index is 12.2. The maximum absolute atomic E-state index is 12.2. The Morgan fingerprint density at radius 1 is 1.17 bits per heavy atom. The Balaban J connectivity index is 1.38. The number of aromatic nitrogens is 2. The number of aryl methyl sites for hydroxylation is 1. The van der Waals surface area contributed by atoms with E-state index in [-0.39, 0.29) is 5.91 Å². The van der Waals surface area contributed by atoms with Crippen molar-refractivity contribution in [1.82, 2.24) is 20.2 Å². The standard InChI is InChI=1S/C19H30N4O/c24-19(9-8-17-13-20-10-11-21-17)22-18-7-4-12-23(15-18)14-16-5-2-1-3-6-16/h10-11,13,16,18H,1-9,12,14-15H2,(H,22,24). The van der Waals surface area contributed by atoms with Gasteiger partial charge in [-0.1, -0.05) is 19.3 Å². The molecule has 1 atom stereocenters. The van der Waals surface area contributed by atoms with Crippen LogP contribution in [0.15, 0.2) is 18.6 Å². The Labute approximate surface area is 145 Å². The fraction of sp³-hybridized carbons (Fsp3) is 0.737. The topological polar surface area (TPSA) is 58.1 Å². The second-order valence-corrected chi connectivity index (χ2v) is 7.37. The summed E-state index contributed by atoms with van der Waals surface area (Å²) in [6.45, 7) is 3.45. The van der Waals surface area contributed by atoms with Crippen LogP contribution in [0.25, 0.3) is 0 Å². The van der Waals surface area contributed by atoms with E-state index in [0.717, 1.165) is 24.6 Å². The molecule has 1 unspecified atom stereocenters. The van der Waals surface area contributed by atoms with Crippen molar-refractivity contribution in [2.45, 2.75) is 63.8 Å². The molecule has 1 amide bonds. The van der Waals surface area contributed by atoms with Gasteiger partial charge in [-0.2, -0.15) is 0 Å². The molecule has 2 heterocycles.